The Labute approximate surface area is 98.7 Å². The number of amidine groups is 1. The van der Waals surface area contributed by atoms with Crippen LogP contribution in [0, 0.1) is 0 Å². The lowest BCUT2D eigenvalue weighted by Gasteiger charge is -2.21. The van der Waals surface area contributed by atoms with Crippen molar-refractivity contribution in [3.8, 4) is 0 Å². The number of anilines is 1. The Balaban J connectivity index is 2.71. The van der Waals surface area contributed by atoms with E-state index in [0.717, 1.165) is 6.54 Å². The Morgan fingerprint density at radius 1 is 1.69 bits per heavy atom. The molecule has 0 radical (unpaired) electrons. The molecule has 3 N–H and O–H groups in total. The van der Waals surface area contributed by atoms with E-state index in [2.05, 4.69) is 15.1 Å². The molecule has 6 nitrogen and oxygen atoms in total. The number of nitrogens with two attached hydrogens (primary N) is 1. The third kappa shape index (κ3) is 3.23. The molecule has 16 heavy (non-hydrogen) atoms. The van der Waals surface area contributed by atoms with Crippen LogP contribution in [0.4, 0.5) is 5.82 Å². The maximum Gasteiger partial charge on any atom is 0.150 e. The summed E-state index contributed by atoms with van der Waals surface area (Å²) in [6.07, 6.45) is 3.42. The number of hydrogen-bond donors (Lipinski definition) is 2. The monoisotopic (exact) mass is 243 g/mol. The fourth-order valence-corrected chi connectivity index (χ4v) is 1.48. The molecular formula is C9H14ClN5O. The number of rotatable bonds is 5. The van der Waals surface area contributed by atoms with Crippen LogP contribution in [0.15, 0.2) is 17.7 Å². The van der Waals surface area contributed by atoms with Gasteiger partial charge in [-0.2, -0.15) is 0 Å². The predicted molar refractivity (Wildman–Crippen MR) is 63.0 cm³/mol. The zero-order valence-corrected chi connectivity index (χ0v) is 9.72. The summed E-state index contributed by atoms with van der Waals surface area (Å²) in [5.41, 5.74) is 5.40. The lowest BCUT2D eigenvalue weighted by molar-refractivity contribution is 0.317. The fourth-order valence-electron chi connectivity index (χ4n) is 1.25. The van der Waals surface area contributed by atoms with E-state index >= 15 is 0 Å². The van der Waals surface area contributed by atoms with Crippen LogP contribution in [0.1, 0.15) is 13.3 Å². The van der Waals surface area contributed by atoms with Gasteiger partial charge < -0.3 is 15.8 Å². The van der Waals surface area contributed by atoms with Crippen molar-refractivity contribution >= 4 is 23.3 Å². The van der Waals surface area contributed by atoms with Crippen molar-refractivity contribution in [1.29, 1.82) is 0 Å². The summed E-state index contributed by atoms with van der Waals surface area (Å²) in [6.45, 7) is 3.29. The van der Waals surface area contributed by atoms with Crippen molar-refractivity contribution in [2.75, 3.05) is 18.0 Å². The van der Waals surface area contributed by atoms with Gasteiger partial charge in [0.2, 0.25) is 0 Å². The maximum absolute atomic E-state index is 8.44. The molecule has 1 aromatic heterocycles. The summed E-state index contributed by atoms with van der Waals surface area (Å²) in [5.74, 6) is 0.841. The first-order valence-electron chi connectivity index (χ1n) is 4.85. The third-order valence-electron chi connectivity index (χ3n) is 2.10. The molecule has 0 fully saturated rings. The molecule has 0 aliphatic carbocycles. The largest absolute Gasteiger partial charge is 0.409 e. The summed E-state index contributed by atoms with van der Waals surface area (Å²) in [5, 5.41) is 11.8. The second-order valence-electron chi connectivity index (χ2n) is 3.12. The number of hydrogen-bond acceptors (Lipinski definition) is 5. The van der Waals surface area contributed by atoms with Gasteiger partial charge in [-0.15, -0.1) is 0 Å². The molecule has 0 saturated heterocycles. The molecule has 0 spiro atoms. The molecule has 88 valence electrons. The molecule has 0 aliphatic heterocycles. The van der Waals surface area contributed by atoms with E-state index in [1.807, 2.05) is 11.8 Å². The molecule has 0 aliphatic rings. The van der Waals surface area contributed by atoms with Crippen LogP contribution in [-0.2, 0) is 0 Å². The molecule has 0 aromatic carbocycles. The van der Waals surface area contributed by atoms with Gasteiger partial charge in [0.05, 0.1) is 6.20 Å². The van der Waals surface area contributed by atoms with Gasteiger partial charge >= 0.3 is 0 Å². The van der Waals surface area contributed by atoms with E-state index in [1.54, 1.807) is 0 Å². The van der Waals surface area contributed by atoms with Crippen molar-refractivity contribution in [2.45, 2.75) is 13.3 Å². The zero-order valence-electron chi connectivity index (χ0n) is 8.97. The van der Waals surface area contributed by atoms with E-state index in [9.17, 15) is 0 Å². The highest BCUT2D eigenvalue weighted by molar-refractivity contribution is 6.32. The van der Waals surface area contributed by atoms with Gasteiger partial charge in [-0.3, -0.25) is 0 Å². The number of halogens is 1. The van der Waals surface area contributed by atoms with E-state index in [1.165, 1.54) is 12.5 Å². The van der Waals surface area contributed by atoms with Gasteiger partial charge in [0.25, 0.3) is 0 Å². The summed E-state index contributed by atoms with van der Waals surface area (Å²) >= 11 is 5.97. The molecule has 1 rings (SSSR count). The smallest absolute Gasteiger partial charge is 0.150 e. The number of aromatic nitrogens is 2. The summed E-state index contributed by atoms with van der Waals surface area (Å²) in [7, 11) is 0. The summed E-state index contributed by atoms with van der Waals surface area (Å²) in [4.78, 5) is 9.84. The van der Waals surface area contributed by atoms with Crippen LogP contribution in [-0.4, -0.2) is 34.1 Å². The van der Waals surface area contributed by atoms with Gasteiger partial charge in [0.1, 0.15) is 17.2 Å². The average Bonchev–Trinajstić information content (AvgIpc) is 2.31. The highest BCUT2D eigenvalue weighted by atomic mass is 35.5. The summed E-state index contributed by atoms with van der Waals surface area (Å²) in [6, 6.07) is 0. The molecule has 7 heteroatoms. The van der Waals surface area contributed by atoms with Crippen LogP contribution in [0.2, 0.25) is 5.02 Å². The average molecular weight is 244 g/mol. The number of nitrogens with zero attached hydrogens (tertiary/aromatic N) is 4. The standard InChI is InChI=1S/C9H14ClN5O/c1-2-15(4-3-8(11)14-16)9-7(10)5-12-6-13-9/h5-6,16H,2-4H2,1H3,(H2,11,14). The van der Waals surface area contributed by atoms with Crippen molar-refractivity contribution in [3.05, 3.63) is 17.5 Å². The molecule has 0 amide bonds. The second kappa shape index (κ2) is 6.12. The Kier molecular flexibility index (Phi) is 4.78. The SMILES string of the molecule is CCN(CCC(N)=NO)c1ncncc1Cl. The van der Waals surface area contributed by atoms with Gasteiger partial charge in [-0.1, -0.05) is 16.8 Å². The normalized spacial score (nSPS) is 11.5. The highest BCUT2D eigenvalue weighted by Crippen LogP contribution is 2.20. The summed E-state index contributed by atoms with van der Waals surface area (Å²) < 4.78 is 0. The molecule has 0 unspecified atom stereocenters. The predicted octanol–water partition coefficient (Wildman–Crippen LogP) is 1.09. The zero-order chi connectivity index (χ0) is 12.0. The highest BCUT2D eigenvalue weighted by Gasteiger charge is 2.10. The van der Waals surface area contributed by atoms with Crippen molar-refractivity contribution in [2.24, 2.45) is 10.9 Å². The van der Waals surface area contributed by atoms with Crippen LogP contribution in [0.5, 0.6) is 0 Å². The quantitative estimate of drug-likeness (QED) is 0.350. The van der Waals surface area contributed by atoms with Gasteiger partial charge in [0.15, 0.2) is 5.82 Å². The minimum atomic E-state index is 0.184. The van der Waals surface area contributed by atoms with Gasteiger partial charge in [-0.05, 0) is 6.92 Å². The Hall–Kier alpha value is -1.56. The lowest BCUT2D eigenvalue weighted by atomic mass is 10.3. The maximum atomic E-state index is 8.44. The minimum absolute atomic E-state index is 0.184. The number of oxime groups is 1. The van der Waals surface area contributed by atoms with E-state index in [-0.39, 0.29) is 5.84 Å². The minimum Gasteiger partial charge on any atom is -0.409 e. The van der Waals surface area contributed by atoms with Crippen LogP contribution in [0.25, 0.3) is 0 Å². The molecule has 0 saturated carbocycles. The van der Waals surface area contributed by atoms with Crippen molar-refractivity contribution in [3.63, 3.8) is 0 Å². The Morgan fingerprint density at radius 2 is 2.44 bits per heavy atom. The first kappa shape index (κ1) is 12.5. The van der Waals surface area contributed by atoms with E-state index < -0.39 is 0 Å². The Morgan fingerprint density at radius 3 is 3.00 bits per heavy atom. The fraction of sp³-hybridized carbons (Fsp3) is 0.444. The van der Waals surface area contributed by atoms with E-state index in [0.29, 0.717) is 23.8 Å². The topological polar surface area (TPSA) is 87.6 Å². The lowest BCUT2D eigenvalue weighted by Crippen LogP contribution is -2.29. The third-order valence-corrected chi connectivity index (χ3v) is 2.36. The second-order valence-corrected chi connectivity index (χ2v) is 3.52. The van der Waals surface area contributed by atoms with Crippen LogP contribution in [0.3, 0.4) is 0 Å². The molecule has 0 atom stereocenters. The molecule has 1 heterocycles. The first-order valence-corrected chi connectivity index (χ1v) is 5.23. The molecular weight excluding hydrogens is 230 g/mol. The van der Waals surface area contributed by atoms with E-state index in [4.69, 9.17) is 22.5 Å². The van der Waals surface area contributed by atoms with Crippen molar-refractivity contribution in [1.82, 2.24) is 9.97 Å². The van der Waals surface area contributed by atoms with Crippen LogP contribution < -0.4 is 10.6 Å². The molecule has 0 bridgehead atoms. The Bertz CT molecular complexity index is 371. The van der Waals surface area contributed by atoms with Gasteiger partial charge in [0, 0.05) is 19.5 Å². The molecule has 1 aromatic rings. The van der Waals surface area contributed by atoms with Crippen molar-refractivity contribution < 1.29 is 5.21 Å². The first-order chi connectivity index (χ1) is 7.69. The van der Waals surface area contributed by atoms with Gasteiger partial charge in [-0.25, -0.2) is 9.97 Å². The van der Waals surface area contributed by atoms with Crippen LogP contribution >= 0.6 is 11.6 Å².